The van der Waals surface area contributed by atoms with Gasteiger partial charge in [-0.1, -0.05) is 24.3 Å². The number of carbonyl (C=O) groups is 1. The van der Waals surface area contributed by atoms with Crippen molar-refractivity contribution in [3.8, 4) is 5.75 Å². The molecule has 0 aromatic heterocycles. The third-order valence-electron chi connectivity index (χ3n) is 6.12. The first-order valence-corrected chi connectivity index (χ1v) is 11.2. The van der Waals surface area contributed by atoms with Crippen LogP contribution in [0.5, 0.6) is 5.75 Å². The summed E-state index contributed by atoms with van der Waals surface area (Å²) in [6, 6.07) is 10.2. The number of methoxy groups -OCH3 is 1. The maximum Gasteiger partial charge on any atom is 0.255 e. The van der Waals surface area contributed by atoms with Gasteiger partial charge in [0.15, 0.2) is 0 Å². The van der Waals surface area contributed by atoms with E-state index in [1.165, 1.54) is 5.56 Å². The molecule has 32 heavy (non-hydrogen) atoms. The standard InChI is InChI=1S/C26H35N3O3/c1-17-18(2)25(31-4)23(26(30)29-22-6-5-13-32-16-22)15-21(17)14-19-7-9-20(10-8-19)24(27)11-12-28-3/h7-12,15,22,24,28H,5-6,13-14,16,27H2,1-4H3,(H,29,30)/b12-11-. The summed E-state index contributed by atoms with van der Waals surface area (Å²) < 4.78 is 11.1. The minimum absolute atomic E-state index is 0.0414. The number of hydrogen-bond donors (Lipinski definition) is 3. The Morgan fingerprint density at radius 2 is 2.03 bits per heavy atom. The average molecular weight is 438 g/mol. The molecule has 3 rings (SSSR count). The molecular weight excluding hydrogens is 402 g/mol. The Kier molecular flexibility index (Phi) is 8.31. The highest BCUT2D eigenvalue weighted by Crippen LogP contribution is 2.31. The van der Waals surface area contributed by atoms with E-state index in [1.807, 2.05) is 32.3 Å². The van der Waals surface area contributed by atoms with Crippen molar-refractivity contribution < 1.29 is 14.3 Å². The highest BCUT2D eigenvalue weighted by molar-refractivity contribution is 5.98. The largest absolute Gasteiger partial charge is 0.496 e. The number of ether oxygens (including phenoxy) is 2. The van der Waals surface area contributed by atoms with Crippen LogP contribution in [0.3, 0.4) is 0 Å². The Morgan fingerprint density at radius 3 is 2.66 bits per heavy atom. The van der Waals surface area contributed by atoms with Crippen LogP contribution in [0.1, 0.15) is 57.1 Å². The molecule has 2 aromatic carbocycles. The number of nitrogens with two attached hydrogens (primary N) is 1. The number of rotatable bonds is 8. The Morgan fingerprint density at radius 1 is 1.28 bits per heavy atom. The molecule has 1 heterocycles. The van der Waals surface area contributed by atoms with Crippen molar-refractivity contribution in [3.05, 3.63) is 76.0 Å². The zero-order chi connectivity index (χ0) is 23.1. The van der Waals surface area contributed by atoms with E-state index in [9.17, 15) is 4.79 Å². The lowest BCUT2D eigenvalue weighted by Gasteiger charge is -2.24. The van der Waals surface area contributed by atoms with Crippen LogP contribution < -0.4 is 21.1 Å². The van der Waals surface area contributed by atoms with Gasteiger partial charge in [0.1, 0.15) is 5.75 Å². The Hall–Kier alpha value is -2.83. The quantitative estimate of drug-likeness (QED) is 0.588. The molecule has 6 heteroatoms. The normalized spacial score (nSPS) is 17.2. The molecule has 1 aliphatic rings. The van der Waals surface area contributed by atoms with Crippen LogP contribution in [0.4, 0.5) is 0 Å². The molecule has 0 saturated carbocycles. The third-order valence-corrected chi connectivity index (χ3v) is 6.12. The van der Waals surface area contributed by atoms with Gasteiger partial charge in [0.25, 0.3) is 5.91 Å². The highest BCUT2D eigenvalue weighted by atomic mass is 16.5. The van der Waals surface area contributed by atoms with Crippen LogP contribution in [0, 0.1) is 13.8 Å². The second-order valence-electron chi connectivity index (χ2n) is 8.35. The van der Waals surface area contributed by atoms with Gasteiger partial charge in [0, 0.05) is 19.7 Å². The van der Waals surface area contributed by atoms with Crippen LogP contribution >= 0.6 is 0 Å². The summed E-state index contributed by atoms with van der Waals surface area (Å²) >= 11 is 0. The number of benzene rings is 2. The van der Waals surface area contributed by atoms with E-state index in [2.05, 4.69) is 41.8 Å². The SMILES string of the molecule is CN/C=C\C(N)c1ccc(Cc2cc(C(=O)NC3CCCOC3)c(OC)c(C)c2C)cc1. The Bertz CT molecular complexity index is 948. The zero-order valence-corrected chi connectivity index (χ0v) is 19.5. The fraction of sp³-hybridized carbons (Fsp3) is 0.423. The Balaban J connectivity index is 1.83. The molecule has 0 radical (unpaired) electrons. The number of carbonyl (C=O) groups excluding carboxylic acids is 1. The summed E-state index contributed by atoms with van der Waals surface area (Å²) in [6.45, 7) is 5.41. The minimum atomic E-state index is -0.152. The van der Waals surface area contributed by atoms with E-state index in [0.29, 0.717) is 17.9 Å². The molecule has 1 fully saturated rings. The summed E-state index contributed by atoms with van der Waals surface area (Å²) in [5.41, 5.74) is 12.2. The predicted molar refractivity (Wildman–Crippen MR) is 128 cm³/mol. The van der Waals surface area contributed by atoms with Crippen molar-refractivity contribution in [3.63, 3.8) is 0 Å². The van der Waals surface area contributed by atoms with Gasteiger partial charge in [-0.05, 0) is 79.3 Å². The van der Waals surface area contributed by atoms with Gasteiger partial charge in [-0.3, -0.25) is 4.79 Å². The zero-order valence-electron chi connectivity index (χ0n) is 19.5. The summed E-state index contributed by atoms with van der Waals surface area (Å²) in [7, 11) is 3.47. The van der Waals surface area contributed by atoms with Crippen molar-refractivity contribution in [2.75, 3.05) is 27.4 Å². The van der Waals surface area contributed by atoms with Crippen LogP contribution in [0.25, 0.3) is 0 Å². The van der Waals surface area contributed by atoms with E-state index in [1.54, 1.807) is 7.11 Å². The van der Waals surface area contributed by atoms with Gasteiger partial charge in [-0.2, -0.15) is 0 Å². The first kappa shape index (κ1) is 23.8. The fourth-order valence-corrected chi connectivity index (χ4v) is 4.08. The smallest absolute Gasteiger partial charge is 0.255 e. The van der Waals surface area contributed by atoms with Crippen molar-refractivity contribution >= 4 is 5.91 Å². The van der Waals surface area contributed by atoms with Crippen molar-refractivity contribution in [1.82, 2.24) is 10.6 Å². The molecule has 0 aliphatic carbocycles. The maximum atomic E-state index is 13.1. The number of hydrogen-bond acceptors (Lipinski definition) is 5. The maximum absolute atomic E-state index is 13.1. The van der Waals surface area contributed by atoms with Crippen molar-refractivity contribution in [2.24, 2.45) is 5.73 Å². The van der Waals surface area contributed by atoms with Crippen LogP contribution in [0.15, 0.2) is 42.6 Å². The number of nitrogens with one attached hydrogen (secondary N) is 2. The second-order valence-corrected chi connectivity index (χ2v) is 8.35. The molecule has 6 nitrogen and oxygen atoms in total. The van der Waals surface area contributed by atoms with E-state index < -0.39 is 0 Å². The van der Waals surface area contributed by atoms with Crippen LogP contribution in [0.2, 0.25) is 0 Å². The van der Waals surface area contributed by atoms with Gasteiger partial charge in [-0.15, -0.1) is 0 Å². The van der Waals surface area contributed by atoms with E-state index in [-0.39, 0.29) is 18.0 Å². The molecule has 2 atom stereocenters. The topological polar surface area (TPSA) is 85.6 Å². The Labute approximate surface area is 191 Å². The summed E-state index contributed by atoms with van der Waals surface area (Å²) in [5, 5.41) is 6.08. The van der Waals surface area contributed by atoms with Gasteiger partial charge in [0.05, 0.1) is 25.3 Å². The van der Waals surface area contributed by atoms with E-state index in [0.717, 1.165) is 48.1 Å². The highest BCUT2D eigenvalue weighted by Gasteiger charge is 2.22. The lowest BCUT2D eigenvalue weighted by atomic mass is 9.92. The molecular formula is C26H35N3O3. The molecule has 0 spiro atoms. The van der Waals surface area contributed by atoms with Gasteiger partial charge < -0.3 is 25.8 Å². The van der Waals surface area contributed by atoms with Gasteiger partial charge in [-0.25, -0.2) is 0 Å². The fourth-order valence-electron chi connectivity index (χ4n) is 4.08. The summed E-state index contributed by atoms with van der Waals surface area (Å²) in [4.78, 5) is 13.1. The van der Waals surface area contributed by atoms with Gasteiger partial charge in [0.2, 0.25) is 0 Å². The molecule has 2 unspecified atom stereocenters. The van der Waals surface area contributed by atoms with Crippen molar-refractivity contribution in [2.45, 2.75) is 45.2 Å². The molecule has 4 N–H and O–H groups in total. The lowest BCUT2D eigenvalue weighted by molar-refractivity contribution is 0.0623. The van der Waals surface area contributed by atoms with Crippen molar-refractivity contribution in [1.29, 1.82) is 0 Å². The van der Waals surface area contributed by atoms with E-state index >= 15 is 0 Å². The first-order chi connectivity index (χ1) is 15.4. The molecule has 0 bridgehead atoms. The van der Waals surface area contributed by atoms with Gasteiger partial charge >= 0.3 is 0 Å². The molecule has 1 saturated heterocycles. The minimum Gasteiger partial charge on any atom is -0.496 e. The molecule has 1 aliphatic heterocycles. The lowest BCUT2D eigenvalue weighted by Crippen LogP contribution is -2.40. The predicted octanol–water partition coefficient (Wildman–Crippen LogP) is 3.54. The first-order valence-electron chi connectivity index (χ1n) is 11.2. The third kappa shape index (κ3) is 5.69. The number of amides is 1. The monoisotopic (exact) mass is 437 g/mol. The second kappa shape index (κ2) is 11.2. The summed E-state index contributed by atoms with van der Waals surface area (Å²) in [6.07, 6.45) is 6.39. The molecule has 172 valence electrons. The van der Waals surface area contributed by atoms with E-state index in [4.69, 9.17) is 15.2 Å². The summed E-state index contributed by atoms with van der Waals surface area (Å²) in [5.74, 6) is 0.525. The average Bonchev–Trinajstić information content (AvgIpc) is 2.81. The van der Waals surface area contributed by atoms with Crippen LogP contribution in [-0.2, 0) is 11.2 Å². The van der Waals surface area contributed by atoms with Crippen LogP contribution in [-0.4, -0.2) is 39.3 Å². The molecule has 2 aromatic rings. The molecule has 1 amide bonds.